The van der Waals surface area contributed by atoms with Gasteiger partial charge in [-0.15, -0.1) is 0 Å². The van der Waals surface area contributed by atoms with E-state index in [9.17, 15) is 4.79 Å². The topological polar surface area (TPSA) is 38.3 Å². The molecule has 108 valence electrons. The average molecular weight is 346 g/mol. The van der Waals surface area contributed by atoms with Crippen LogP contribution in [0.4, 0.5) is 5.69 Å². The quantitative estimate of drug-likeness (QED) is 0.854. The van der Waals surface area contributed by atoms with Gasteiger partial charge in [-0.2, -0.15) is 0 Å². The van der Waals surface area contributed by atoms with Crippen LogP contribution in [0.15, 0.2) is 42.5 Å². The molecule has 3 rings (SSSR count). The maximum absolute atomic E-state index is 11.4. The van der Waals surface area contributed by atoms with Gasteiger partial charge >= 0.3 is 0 Å². The fourth-order valence-corrected chi connectivity index (χ4v) is 3.23. The van der Waals surface area contributed by atoms with Crippen molar-refractivity contribution in [3.05, 3.63) is 59.2 Å². The lowest BCUT2D eigenvalue weighted by Crippen LogP contribution is -2.03. The average Bonchev–Trinajstić information content (AvgIpc) is 2.86. The minimum Gasteiger partial charge on any atom is -0.497 e. The molecular formula is C17H16BrNO2. The standard InChI is InChI=1S/C17H16BrNO2/c1-21-14-4-2-3-11(7-14)8-15(18)12-5-6-16-13(9-12)10-17(20)19-16/h2-7,9,15H,8,10H2,1H3,(H,19,20). The van der Waals surface area contributed by atoms with Crippen molar-refractivity contribution < 1.29 is 9.53 Å². The van der Waals surface area contributed by atoms with Gasteiger partial charge in [-0.1, -0.05) is 40.2 Å². The molecule has 2 aromatic rings. The molecule has 2 aromatic carbocycles. The van der Waals surface area contributed by atoms with E-state index >= 15 is 0 Å². The number of amides is 1. The minimum atomic E-state index is 0.0704. The van der Waals surface area contributed by atoms with E-state index in [1.165, 1.54) is 11.1 Å². The maximum atomic E-state index is 11.4. The molecule has 3 nitrogen and oxygen atoms in total. The van der Waals surface area contributed by atoms with Gasteiger partial charge in [0.05, 0.1) is 13.5 Å². The second kappa shape index (κ2) is 5.90. The number of alkyl halides is 1. The Morgan fingerprint density at radius 3 is 2.95 bits per heavy atom. The third-order valence-corrected chi connectivity index (χ3v) is 4.52. The van der Waals surface area contributed by atoms with Crippen LogP contribution < -0.4 is 10.1 Å². The molecule has 0 aliphatic carbocycles. The number of hydrogen-bond donors (Lipinski definition) is 1. The Bertz CT molecular complexity index is 684. The van der Waals surface area contributed by atoms with Crippen molar-refractivity contribution in [3.8, 4) is 5.75 Å². The van der Waals surface area contributed by atoms with Crippen LogP contribution in [0.25, 0.3) is 0 Å². The molecule has 0 radical (unpaired) electrons. The Labute approximate surface area is 132 Å². The number of methoxy groups -OCH3 is 1. The number of fused-ring (bicyclic) bond motifs is 1. The van der Waals surface area contributed by atoms with E-state index in [0.29, 0.717) is 6.42 Å². The lowest BCUT2D eigenvalue weighted by Gasteiger charge is -2.12. The molecule has 1 heterocycles. The normalized spacial score (nSPS) is 14.5. The largest absolute Gasteiger partial charge is 0.497 e. The van der Waals surface area contributed by atoms with Gasteiger partial charge in [-0.05, 0) is 41.3 Å². The van der Waals surface area contributed by atoms with Gasteiger partial charge in [0.2, 0.25) is 5.91 Å². The number of benzene rings is 2. The van der Waals surface area contributed by atoms with Crippen LogP contribution in [0.2, 0.25) is 0 Å². The van der Waals surface area contributed by atoms with Crippen molar-refractivity contribution in [3.63, 3.8) is 0 Å². The smallest absolute Gasteiger partial charge is 0.228 e. The molecule has 1 N–H and O–H groups in total. The highest BCUT2D eigenvalue weighted by molar-refractivity contribution is 9.09. The Morgan fingerprint density at radius 1 is 1.29 bits per heavy atom. The van der Waals surface area contributed by atoms with Crippen molar-refractivity contribution in [2.75, 3.05) is 12.4 Å². The van der Waals surface area contributed by atoms with Gasteiger partial charge in [-0.25, -0.2) is 0 Å². The molecular weight excluding hydrogens is 330 g/mol. The number of carbonyl (C=O) groups is 1. The zero-order valence-corrected chi connectivity index (χ0v) is 13.3. The highest BCUT2D eigenvalue weighted by atomic mass is 79.9. The summed E-state index contributed by atoms with van der Waals surface area (Å²) in [6.45, 7) is 0. The van der Waals surface area contributed by atoms with Crippen molar-refractivity contribution in [2.24, 2.45) is 0 Å². The molecule has 0 bridgehead atoms. The van der Waals surface area contributed by atoms with Crippen LogP contribution >= 0.6 is 15.9 Å². The van der Waals surface area contributed by atoms with E-state index < -0.39 is 0 Å². The molecule has 4 heteroatoms. The number of rotatable bonds is 4. The van der Waals surface area contributed by atoms with Crippen molar-refractivity contribution in [2.45, 2.75) is 17.7 Å². The fourth-order valence-electron chi connectivity index (χ4n) is 2.57. The van der Waals surface area contributed by atoms with E-state index in [2.05, 4.69) is 39.4 Å². The monoisotopic (exact) mass is 345 g/mol. The first-order valence-electron chi connectivity index (χ1n) is 6.85. The van der Waals surface area contributed by atoms with Gasteiger partial charge in [0.1, 0.15) is 5.75 Å². The molecule has 1 amide bonds. The highest BCUT2D eigenvalue weighted by Crippen LogP contribution is 2.32. The van der Waals surface area contributed by atoms with Gasteiger partial charge < -0.3 is 10.1 Å². The lowest BCUT2D eigenvalue weighted by atomic mass is 10.0. The van der Waals surface area contributed by atoms with E-state index in [1.54, 1.807) is 7.11 Å². The summed E-state index contributed by atoms with van der Waals surface area (Å²) in [6.07, 6.45) is 1.35. The Morgan fingerprint density at radius 2 is 2.14 bits per heavy atom. The predicted molar refractivity (Wildman–Crippen MR) is 87.1 cm³/mol. The van der Waals surface area contributed by atoms with E-state index in [0.717, 1.165) is 23.4 Å². The van der Waals surface area contributed by atoms with Crippen molar-refractivity contribution in [1.29, 1.82) is 0 Å². The number of hydrogen-bond acceptors (Lipinski definition) is 2. The summed E-state index contributed by atoms with van der Waals surface area (Å²) in [4.78, 5) is 11.6. The molecule has 0 saturated carbocycles. The Balaban J connectivity index is 1.78. The summed E-state index contributed by atoms with van der Waals surface area (Å²) >= 11 is 3.75. The van der Waals surface area contributed by atoms with Crippen LogP contribution in [0.5, 0.6) is 5.75 Å². The second-order valence-electron chi connectivity index (χ2n) is 5.16. The summed E-state index contributed by atoms with van der Waals surface area (Å²) in [7, 11) is 1.68. The molecule has 1 atom stereocenters. The van der Waals surface area contributed by atoms with Crippen LogP contribution in [0.3, 0.4) is 0 Å². The Hall–Kier alpha value is -1.81. The first-order chi connectivity index (χ1) is 10.2. The summed E-state index contributed by atoms with van der Waals surface area (Å²) < 4.78 is 5.25. The number of ether oxygens (including phenoxy) is 1. The van der Waals surface area contributed by atoms with Crippen molar-refractivity contribution >= 4 is 27.5 Å². The predicted octanol–water partition coefficient (Wildman–Crippen LogP) is 3.87. The number of carbonyl (C=O) groups excluding carboxylic acids is 1. The van der Waals surface area contributed by atoms with Gasteiger partial charge in [0, 0.05) is 10.5 Å². The summed E-state index contributed by atoms with van der Waals surface area (Å²) in [5.74, 6) is 0.942. The lowest BCUT2D eigenvalue weighted by molar-refractivity contribution is -0.115. The van der Waals surface area contributed by atoms with Gasteiger partial charge in [0.25, 0.3) is 0 Å². The minimum absolute atomic E-state index is 0.0704. The highest BCUT2D eigenvalue weighted by Gasteiger charge is 2.19. The first kappa shape index (κ1) is 14.1. The zero-order valence-electron chi connectivity index (χ0n) is 11.7. The zero-order chi connectivity index (χ0) is 14.8. The summed E-state index contributed by atoms with van der Waals surface area (Å²) in [5, 5.41) is 2.86. The fraction of sp³-hybridized carbons (Fsp3) is 0.235. The molecule has 1 aliphatic heterocycles. The third-order valence-electron chi connectivity index (χ3n) is 3.67. The summed E-state index contributed by atoms with van der Waals surface area (Å²) in [6, 6.07) is 14.2. The Kier molecular flexibility index (Phi) is 3.97. The molecule has 0 fully saturated rings. The van der Waals surface area contributed by atoms with E-state index in [4.69, 9.17) is 4.74 Å². The van der Waals surface area contributed by atoms with Gasteiger partial charge in [0.15, 0.2) is 0 Å². The number of anilines is 1. The van der Waals surface area contributed by atoms with E-state index in [1.807, 2.05) is 24.3 Å². The molecule has 0 spiro atoms. The molecule has 1 aliphatic rings. The van der Waals surface area contributed by atoms with Crippen LogP contribution in [-0.4, -0.2) is 13.0 Å². The van der Waals surface area contributed by atoms with Crippen LogP contribution in [-0.2, 0) is 17.6 Å². The van der Waals surface area contributed by atoms with Crippen molar-refractivity contribution in [1.82, 2.24) is 0 Å². The maximum Gasteiger partial charge on any atom is 0.228 e. The molecule has 0 aromatic heterocycles. The second-order valence-corrected chi connectivity index (χ2v) is 6.27. The molecule has 0 saturated heterocycles. The third kappa shape index (κ3) is 3.10. The molecule has 1 unspecified atom stereocenters. The number of nitrogens with one attached hydrogen (secondary N) is 1. The SMILES string of the molecule is COc1cccc(CC(Br)c2ccc3c(c2)CC(=O)N3)c1. The van der Waals surface area contributed by atoms with Gasteiger partial charge in [-0.3, -0.25) is 4.79 Å². The van der Waals surface area contributed by atoms with E-state index in [-0.39, 0.29) is 10.7 Å². The molecule has 21 heavy (non-hydrogen) atoms. The number of halogens is 1. The first-order valence-corrected chi connectivity index (χ1v) is 7.77. The van der Waals surface area contributed by atoms with Crippen LogP contribution in [0.1, 0.15) is 21.5 Å². The van der Waals surface area contributed by atoms with Crippen LogP contribution in [0, 0.1) is 0 Å². The summed E-state index contributed by atoms with van der Waals surface area (Å²) in [5.41, 5.74) is 4.41.